The summed E-state index contributed by atoms with van der Waals surface area (Å²) in [7, 11) is 0. The van der Waals surface area contributed by atoms with Gasteiger partial charge in [0.25, 0.3) is 5.56 Å². The van der Waals surface area contributed by atoms with Gasteiger partial charge in [-0.3, -0.25) is 9.36 Å². The summed E-state index contributed by atoms with van der Waals surface area (Å²) in [4.78, 5) is 16.3. The van der Waals surface area contributed by atoms with Crippen LogP contribution in [0.15, 0.2) is 53.3 Å². The van der Waals surface area contributed by atoms with Gasteiger partial charge in [0.15, 0.2) is 0 Å². The monoisotopic (exact) mass is 255 g/mol. The molecule has 0 radical (unpaired) electrons. The molecule has 0 aliphatic heterocycles. The van der Waals surface area contributed by atoms with Crippen molar-refractivity contribution in [1.82, 2.24) is 9.55 Å². The zero-order valence-electron chi connectivity index (χ0n) is 10.9. The minimum Gasteiger partial charge on any atom is -0.369 e. The average Bonchev–Trinajstić information content (AvgIpc) is 2.43. The Labute approximate surface area is 112 Å². The van der Waals surface area contributed by atoms with E-state index in [0.29, 0.717) is 12.2 Å². The van der Waals surface area contributed by atoms with E-state index in [1.54, 1.807) is 0 Å². The summed E-state index contributed by atoms with van der Waals surface area (Å²) in [6.45, 7) is 2.50. The molecular formula is C15H17N3O. The molecule has 4 nitrogen and oxygen atoms in total. The van der Waals surface area contributed by atoms with Crippen LogP contribution in [0.2, 0.25) is 0 Å². The first kappa shape index (κ1) is 13.1. The minimum atomic E-state index is -0.132. The first-order valence-corrected chi connectivity index (χ1v) is 6.30. The van der Waals surface area contributed by atoms with E-state index in [-0.39, 0.29) is 11.5 Å². The lowest BCUT2D eigenvalue weighted by molar-refractivity contribution is 0.769. The van der Waals surface area contributed by atoms with Crippen molar-refractivity contribution in [3.8, 4) is 11.3 Å². The van der Waals surface area contributed by atoms with Crippen molar-refractivity contribution in [1.29, 1.82) is 0 Å². The van der Waals surface area contributed by atoms with E-state index in [9.17, 15) is 4.79 Å². The highest BCUT2D eigenvalue weighted by molar-refractivity contribution is 5.59. The zero-order chi connectivity index (χ0) is 13.7. The largest absolute Gasteiger partial charge is 0.369 e. The Kier molecular flexibility index (Phi) is 4.13. The highest BCUT2D eigenvalue weighted by Crippen LogP contribution is 2.15. The van der Waals surface area contributed by atoms with Crippen LogP contribution < -0.4 is 11.3 Å². The van der Waals surface area contributed by atoms with Crippen molar-refractivity contribution >= 4 is 5.95 Å². The SMILES string of the molecule is CC/C=C/Cn1c(N)nc(-c2ccccc2)cc1=O. The van der Waals surface area contributed by atoms with Gasteiger partial charge in [-0.15, -0.1) is 0 Å². The van der Waals surface area contributed by atoms with Crippen molar-refractivity contribution in [3.05, 3.63) is 58.9 Å². The van der Waals surface area contributed by atoms with Gasteiger partial charge in [0.05, 0.1) is 5.69 Å². The number of benzene rings is 1. The fourth-order valence-electron chi connectivity index (χ4n) is 1.81. The van der Waals surface area contributed by atoms with Crippen LogP contribution in [-0.2, 0) is 6.54 Å². The molecule has 0 fully saturated rings. The smallest absolute Gasteiger partial charge is 0.255 e. The maximum atomic E-state index is 12.0. The molecule has 1 heterocycles. The summed E-state index contributed by atoms with van der Waals surface area (Å²) in [5.41, 5.74) is 7.23. The molecule has 19 heavy (non-hydrogen) atoms. The Balaban J connectivity index is 2.37. The summed E-state index contributed by atoms with van der Waals surface area (Å²) in [6, 6.07) is 11.1. The lowest BCUT2D eigenvalue weighted by Crippen LogP contribution is -2.23. The second-order valence-electron chi connectivity index (χ2n) is 4.19. The standard InChI is InChI=1S/C15H17N3O/c1-2-3-7-10-18-14(19)11-13(17-15(18)16)12-8-5-4-6-9-12/h3-9,11H,2,10H2,1H3,(H2,16,17)/b7-3+. The predicted molar refractivity (Wildman–Crippen MR) is 77.8 cm³/mol. The Morgan fingerprint density at radius 1 is 1.26 bits per heavy atom. The van der Waals surface area contributed by atoms with E-state index in [2.05, 4.69) is 4.98 Å². The molecule has 1 aromatic carbocycles. The van der Waals surface area contributed by atoms with E-state index < -0.39 is 0 Å². The number of aromatic nitrogens is 2. The van der Waals surface area contributed by atoms with Gasteiger partial charge in [-0.05, 0) is 6.42 Å². The van der Waals surface area contributed by atoms with Crippen LogP contribution in [0.3, 0.4) is 0 Å². The summed E-state index contributed by atoms with van der Waals surface area (Å²) < 4.78 is 1.46. The molecule has 0 aliphatic carbocycles. The molecule has 0 saturated carbocycles. The molecule has 1 aromatic heterocycles. The number of hydrogen-bond acceptors (Lipinski definition) is 3. The lowest BCUT2D eigenvalue weighted by Gasteiger charge is -2.08. The molecule has 0 unspecified atom stereocenters. The molecule has 2 aromatic rings. The summed E-state index contributed by atoms with van der Waals surface area (Å²) in [6.07, 6.45) is 4.85. The number of nitrogen functional groups attached to an aromatic ring is 1. The molecule has 2 N–H and O–H groups in total. The van der Waals surface area contributed by atoms with Crippen molar-refractivity contribution in [2.45, 2.75) is 19.9 Å². The maximum absolute atomic E-state index is 12.0. The normalized spacial score (nSPS) is 11.0. The lowest BCUT2D eigenvalue weighted by atomic mass is 10.1. The number of hydrogen-bond donors (Lipinski definition) is 1. The second-order valence-corrected chi connectivity index (χ2v) is 4.19. The third-order valence-electron chi connectivity index (χ3n) is 2.80. The van der Waals surface area contributed by atoms with Gasteiger partial charge in [0, 0.05) is 18.2 Å². The number of allylic oxidation sites excluding steroid dienone is 2. The van der Waals surface area contributed by atoms with Gasteiger partial charge in [-0.2, -0.15) is 0 Å². The van der Waals surface area contributed by atoms with Gasteiger partial charge in [-0.25, -0.2) is 4.98 Å². The second kappa shape index (κ2) is 6.00. The number of anilines is 1. The van der Waals surface area contributed by atoms with Crippen LogP contribution in [0.4, 0.5) is 5.95 Å². The van der Waals surface area contributed by atoms with Crippen LogP contribution in [0.5, 0.6) is 0 Å². The van der Waals surface area contributed by atoms with E-state index >= 15 is 0 Å². The minimum absolute atomic E-state index is 0.132. The van der Waals surface area contributed by atoms with Gasteiger partial charge >= 0.3 is 0 Å². The molecule has 4 heteroatoms. The predicted octanol–water partition coefficient (Wildman–Crippen LogP) is 2.46. The molecule has 98 valence electrons. The third kappa shape index (κ3) is 3.10. The zero-order valence-corrected chi connectivity index (χ0v) is 10.9. The highest BCUT2D eigenvalue weighted by atomic mass is 16.1. The molecule has 0 bridgehead atoms. The van der Waals surface area contributed by atoms with Crippen LogP contribution in [0.25, 0.3) is 11.3 Å². The number of nitrogens with zero attached hydrogens (tertiary/aromatic N) is 2. The average molecular weight is 255 g/mol. The molecule has 0 saturated heterocycles. The molecular weight excluding hydrogens is 238 g/mol. The number of nitrogens with two attached hydrogens (primary N) is 1. The van der Waals surface area contributed by atoms with E-state index in [1.807, 2.05) is 49.4 Å². The van der Waals surface area contributed by atoms with Crippen molar-refractivity contribution in [2.75, 3.05) is 5.73 Å². The summed E-state index contributed by atoms with van der Waals surface area (Å²) in [5, 5.41) is 0. The fourth-order valence-corrected chi connectivity index (χ4v) is 1.81. The van der Waals surface area contributed by atoms with Crippen molar-refractivity contribution in [3.63, 3.8) is 0 Å². The van der Waals surface area contributed by atoms with Crippen LogP contribution in [0.1, 0.15) is 13.3 Å². The van der Waals surface area contributed by atoms with Crippen LogP contribution in [-0.4, -0.2) is 9.55 Å². The number of rotatable bonds is 4. The first-order valence-electron chi connectivity index (χ1n) is 6.30. The van der Waals surface area contributed by atoms with Gasteiger partial charge in [-0.1, -0.05) is 49.4 Å². The molecule has 2 rings (SSSR count). The van der Waals surface area contributed by atoms with Gasteiger partial charge < -0.3 is 5.73 Å². The molecule has 0 atom stereocenters. The van der Waals surface area contributed by atoms with E-state index in [0.717, 1.165) is 12.0 Å². The molecule has 0 spiro atoms. The van der Waals surface area contributed by atoms with Gasteiger partial charge in [0.1, 0.15) is 0 Å². The Hall–Kier alpha value is -2.36. The Morgan fingerprint density at radius 2 is 2.00 bits per heavy atom. The Morgan fingerprint density at radius 3 is 2.63 bits per heavy atom. The van der Waals surface area contributed by atoms with Crippen LogP contribution in [0, 0.1) is 0 Å². The van der Waals surface area contributed by atoms with E-state index in [1.165, 1.54) is 10.6 Å². The molecule has 0 amide bonds. The van der Waals surface area contributed by atoms with E-state index in [4.69, 9.17) is 5.73 Å². The third-order valence-corrected chi connectivity index (χ3v) is 2.80. The topological polar surface area (TPSA) is 60.9 Å². The molecule has 0 aliphatic rings. The quantitative estimate of drug-likeness (QED) is 0.854. The summed E-state index contributed by atoms with van der Waals surface area (Å²) >= 11 is 0. The summed E-state index contributed by atoms with van der Waals surface area (Å²) in [5.74, 6) is 0.243. The van der Waals surface area contributed by atoms with Crippen molar-refractivity contribution in [2.24, 2.45) is 0 Å². The maximum Gasteiger partial charge on any atom is 0.255 e. The fraction of sp³-hybridized carbons (Fsp3) is 0.200. The highest BCUT2D eigenvalue weighted by Gasteiger charge is 2.06. The van der Waals surface area contributed by atoms with Crippen LogP contribution >= 0.6 is 0 Å². The first-order chi connectivity index (χ1) is 9.22. The van der Waals surface area contributed by atoms with Crippen molar-refractivity contribution < 1.29 is 0 Å². The van der Waals surface area contributed by atoms with Gasteiger partial charge in [0.2, 0.25) is 5.95 Å². The Bertz CT molecular complexity index is 630.